The van der Waals surface area contributed by atoms with Gasteiger partial charge in [-0.1, -0.05) is 24.3 Å². The number of nitrogens with zero attached hydrogens (tertiary/aromatic N) is 4. The molecule has 3 heterocycles. The maximum absolute atomic E-state index is 12.5. The molecule has 0 bridgehead atoms. The van der Waals surface area contributed by atoms with Gasteiger partial charge >= 0.3 is 6.03 Å². The first-order chi connectivity index (χ1) is 14.6. The number of hydrogen-bond acceptors (Lipinski definition) is 5. The van der Waals surface area contributed by atoms with Gasteiger partial charge in [0.1, 0.15) is 17.8 Å². The van der Waals surface area contributed by atoms with E-state index in [2.05, 4.69) is 57.1 Å². The predicted molar refractivity (Wildman–Crippen MR) is 118 cm³/mol. The molecular weight excluding hydrogens is 378 g/mol. The third-order valence-corrected chi connectivity index (χ3v) is 4.90. The zero-order valence-corrected chi connectivity index (χ0v) is 17.1. The molecule has 0 fully saturated rings. The summed E-state index contributed by atoms with van der Waals surface area (Å²) < 4.78 is 1.94. The van der Waals surface area contributed by atoms with Gasteiger partial charge in [0, 0.05) is 18.3 Å². The van der Waals surface area contributed by atoms with Crippen LogP contribution in [0.2, 0.25) is 0 Å². The van der Waals surface area contributed by atoms with Crippen LogP contribution in [0, 0.1) is 0 Å². The van der Waals surface area contributed by atoms with Crippen LogP contribution in [-0.2, 0) is 0 Å². The Bertz CT molecular complexity index is 1070. The van der Waals surface area contributed by atoms with Gasteiger partial charge in [-0.3, -0.25) is 5.32 Å². The molecule has 0 spiro atoms. The number of pyridine rings is 1. The van der Waals surface area contributed by atoms with Gasteiger partial charge in [0.15, 0.2) is 5.82 Å². The summed E-state index contributed by atoms with van der Waals surface area (Å²) in [6.45, 7) is 5.95. The molecule has 0 saturated carbocycles. The predicted octanol–water partition coefficient (Wildman–Crippen LogP) is 3.94. The molecule has 1 aromatic carbocycles. The third kappa shape index (κ3) is 4.55. The lowest BCUT2D eigenvalue weighted by Gasteiger charge is -2.15. The topological polar surface area (TPSA) is 96.8 Å². The fourth-order valence-electron chi connectivity index (χ4n) is 3.39. The summed E-state index contributed by atoms with van der Waals surface area (Å²) in [5.74, 6) is 1.11. The summed E-state index contributed by atoms with van der Waals surface area (Å²) in [4.78, 5) is 17.0. The van der Waals surface area contributed by atoms with Crippen molar-refractivity contribution in [3.8, 4) is 11.5 Å². The SMILES string of the molecule is CC(C)n1cnnc1-c1cccc(NC(=O)Nc2cccc(C3=CCNCC3)c2)n1. The minimum absolute atomic E-state index is 0.207. The zero-order chi connectivity index (χ0) is 20.9. The van der Waals surface area contributed by atoms with E-state index >= 15 is 0 Å². The Morgan fingerprint density at radius 3 is 2.83 bits per heavy atom. The van der Waals surface area contributed by atoms with Gasteiger partial charge in [-0.15, -0.1) is 10.2 Å². The average Bonchev–Trinajstić information content (AvgIpc) is 3.25. The van der Waals surface area contributed by atoms with Crippen molar-refractivity contribution >= 4 is 23.1 Å². The largest absolute Gasteiger partial charge is 0.324 e. The van der Waals surface area contributed by atoms with Crippen molar-refractivity contribution in [1.29, 1.82) is 0 Å². The highest BCUT2D eigenvalue weighted by molar-refractivity contribution is 5.99. The maximum Gasteiger partial charge on any atom is 0.324 e. The number of urea groups is 1. The monoisotopic (exact) mass is 403 g/mol. The Balaban J connectivity index is 1.46. The van der Waals surface area contributed by atoms with Crippen LogP contribution in [0.5, 0.6) is 0 Å². The number of carbonyl (C=O) groups is 1. The summed E-state index contributed by atoms with van der Waals surface area (Å²) in [6, 6.07) is 13.2. The molecule has 1 aliphatic heterocycles. The van der Waals surface area contributed by atoms with Gasteiger partial charge < -0.3 is 15.2 Å². The van der Waals surface area contributed by atoms with Crippen LogP contribution < -0.4 is 16.0 Å². The van der Waals surface area contributed by atoms with Crippen LogP contribution in [0.1, 0.15) is 31.9 Å². The lowest BCUT2D eigenvalue weighted by molar-refractivity contribution is 0.262. The first kappa shape index (κ1) is 19.8. The lowest BCUT2D eigenvalue weighted by Crippen LogP contribution is -2.21. The van der Waals surface area contributed by atoms with E-state index in [1.54, 1.807) is 12.4 Å². The number of aromatic nitrogens is 4. The molecule has 0 atom stereocenters. The second kappa shape index (κ2) is 8.87. The van der Waals surface area contributed by atoms with E-state index in [1.807, 2.05) is 34.9 Å². The van der Waals surface area contributed by atoms with Crippen LogP contribution in [0.3, 0.4) is 0 Å². The van der Waals surface area contributed by atoms with Crippen molar-refractivity contribution in [1.82, 2.24) is 25.1 Å². The molecule has 0 aliphatic carbocycles. The number of amides is 2. The summed E-state index contributed by atoms with van der Waals surface area (Å²) in [5, 5.41) is 17.1. The van der Waals surface area contributed by atoms with E-state index in [0.29, 0.717) is 17.3 Å². The second-order valence-electron chi connectivity index (χ2n) is 7.41. The van der Waals surface area contributed by atoms with Crippen LogP contribution in [0.25, 0.3) is 17.1 Å². The van der Waals surface area contributed by atoms with Crippen LogP contribution >= 0.6 is 0 Å². The molecule has 3 N–H and O–H groups in total. The molecule has 1 aliphatic rings. The minimum Gasteiger partial charge on any atom is -0.313 e. The normalized spacial score (nSPS) is 13.8. The highest BCUT2D eigenvalue weighted by Gasteiger charge is 2.13. The Morgan fingerprint density at radius 1 is 1.17 bits per heavy atom. The maximum atomic E-state index is 12.5. The van der Waals surface area contributed by atoms with Gasteiger partial charge in [-0.05, 0) is 62.2 Å². The van der Waals surface area contributed by atoms with Gasteiger partial charge in [0.2, 0.25) is 0 Å². The fraction of sp³-hybridized carbons (Fsp3) is 0.273. The Hall–Kier alpha value is -3.52. The Labute approximate surface area is 175 Å². The van der Waals surface area contributed by atoms with Gasteiger partial charge in [-0.25, -0.2) is 9.78 Å². The van der Waals surface area contributed by atoms with E-state index in [4.69, 9.17) is 0 Å². The van der Waals surface area contributed by atoms with Crippen molar-refractivity contribution in [2.75, 3.05) is 23.7 Å². The first-order valence-electron chi connectivity index (χ1n) is 10.1. The number of benzene rings is 1. The Kier molecular flexibility index (Phi) is 5.85. The standard InChI is InChI=1S/C22H25N7O/c1-15(2)29-14-24-28-21(29)19-7-4-8-20(26-19)27-22(30)25-18-6-3-5-17(13-18)16-9-11-23-12-10-16/h3-9,13-15,23H,10-12H2,1-2H3,(H2,25,26,27,30). The summed E-state index contributed by atoms with van der Waals surface area (Å²) in [7, 11) is 0. The average molecular weight is 403 g/mol. The number of hydrogen-bond donors (Lipinski definition) is 3. The van der Waals surface area contributed by atoms with E-state index in [0.717, 1.165) is 30.8 Å². The highest BCUT2D eigenvalue weighted by Crippen LogP contribution is 2.23. The third-order valence-electron chi connectivity index (χ3n) is 4.90. The Morgan fingerprint density at radius 2 is 2.03 bits per heavy atom. The van der Waals surface area contributed by atoms with Gasteiger partial charge in [0.25, 0.3) is 0 Å². The molecule has 0 saturated heterocycles. The summed E-state index contributed by atoms with van der Waals surface area (Å²) in [5.41, 5.74) is 3.81. The molecule has 0 unspecified atom stereocenters. The zero-order valence-electron chi connectivity index (χ0n) is 17.1. The number of anilines is 2. The van der Waals surface area contributed by atoms with Crippen molar-refractivity contribution in [3.63, 3.8) is 0 Å². The minimum atomic E-state index is -0.346. The molecule has 4 rings (SSSR count). The van der Waals surface area contributed by atoms with Gasteiger partial charge in [-0.2, -0.15) is 0 Å². The van der Waals surface area contributed by atoms with Crippen LogP contribution in [0.15, 0.2) is 54.9 Å². The first-order valence-corrected chi connectivity index (χ1v) is 10.1. The summed E-state index contributed by atoms with van der Waals surface area (Å²) >= 11 is 0. The van der Waals surface area contributed by atoms with Gasteiger partial charge in [0.05, 0.1) is 0 Å². The molecule has 2 aromatic heterocycles. The molecule has 2 amide bonds. The van der Waals surface area contributed by atoms with E-state index in [-0.39, 0.29) is 12.1 Å². The molecule has 154 valence electrons. The van der Waals surface area contributed by atoms with E-state index in [1.165, 1.54) is 5.57 Å². The lowest BCUT2D eigenvalue weighted by atomic mass is 10.00. The van der Waals surface area contributed by atoms with E-state index in [9.17, 15) is 4.79 Å². The molecule has 8 nitrogen and oxygen atoms in total. The molecule has 3 aromatic rings. The quantitative estimate of drug-likeness (QED) is 0.600. The molecular formula is C22H25N7O. The van der Waals surface area contributed by atoms with Crippen molar-refractivity contribution < 1.29 is 4.79 Å². The van der Waals surface area contributed by atoms with Crippen molar-refractivity contribution in [2.24, 2.45) is 0 Å². The van der Waals surface area contributed by atoms with Crippen molar-refractivity contribution in [3.05, 3.63) is 60.4 Å². The fourth-order valence-corrected chi connectivity index (χ4v) is 3.39. The highest BCUT2D eigenvalue weighted by atomic mass is 16.2. The molecule has 8 heteroatoms. The van der Waals surface area contributed by atoms with Crippen LogP contribution in [0.4, 0.5) is 16.3 Å². The molecule has 30 heavy (non-hydrogen) atoms. The number of rotatable bonds is 5. The van der Waals surface area contributed by atoms with Crippen molar-refractivity contribution in [2.45, 2.75) is 26.3 Å². The summed E-state index contributed by atoms with van der Waals surface area (Å²) in [6.07, 6.45) is 4.85. The molecule has 0 radical (unpaired) electrons. The smallest absolute Gasteiger partial charge is 0.313 e. The number of carbonyl (C=O) groups excluding carboxylic acids is 1. The second-order valence-corrected chi connectivity index (χ2v) is 7.41. The van der Waals surface area contributed by atoms with E-state index < -0.39 is 0 Å². The van der Waals surface area contributed by atoms with Crippen LogP contribution in [-0.4, -0.2) is 38.9 Å². The number of nitrogens with one attached hydrogen (secondary N) is 3.